The Hall–Kier alpha value is -3.80. The summed E-state index contributed by atoms with van der Waals surface area (Å²) in [5.41, 5.74) is 2.12. The first-order valence-electron chi connectivity index (χ1n) is 13.1. The van der Waals surface area contributed by atoms with Crippen molar-refractivity contribution >= 4 is 5.91 Å². The number of aromatic nitrogens is 1. The Morgan fingerprint density at radius 3 is 2.64 bits per heavy atom. The van der Waals surface area contributed by atoms with Gasteiger partial charge in [0.05, 0.1) is 12.6 Å². The number of aromatic hydroxyl groups is 1. The molecule has 2 N–H and O–H groups in total. The lowest BCUT2D eigenvalue weighted by atomic mass is 9.94. The van der Waals surface area contributed by atoms with Crippen LogP contribution in [0.25, 0.3) is 0 Å². The lowest BCUT2D eigenvalue weighted by molar-refractivity contribution is 0.0937. The number of methoxy groups -OCH3 is 1. The van der Waals surface area contributed by atoms with Gasteiger partial charge in [0, 0.05) is 49.0 Å². The Kier molecular flexibility index (Phi) is 7.92. The number of carbonyl (C=O) groups excluding carboxylic acids is 1. The van der Waals surface area contributed by atoms with E-state index in [1.54, 1.807) is 20.1 Å². The molecule has 202 valence electrons. The lowest BCUT2D eigenvalue weighted by Gasteiger charge is -2.29. The molecule has 2 fully saturated rings. The van der Waals surface area contributed by atoms with E-state index in [-0.39, 0.29) is 17.0 Å². The summed E-state index contributed by atoms with van der Waals surface area (Å²) < 4.78 is 32.9. The highest BCUT2D eigenvalue weighted by atomic mass is 19.1. The number of likely N-dealkylation sites (tertiary alicyclic amines) is 1. The smallest absolute Gasteiger partial charge is 0.270 e. The highest BCUT2D eigenvalue weighted by Gasteiger charge is 2.43. The van der Waals surface area contributed by atoms with E-state index in [1.807, 2.05) is 6.07 Å². The molecule has 1 saturated heterocycles. The van der Waals surface area contributed by atoms with Crippen LogP contribution in [0.15, 0.2) is 54.6 Å². The Morgan fingerprint density at radius 1 is 1.15 bits per heavy atom. The quantitative estimate of drug-likeness (QED) is 0.436. The van der Waals surface area contributed by atoms with Gasteiger partial charge in [0.15, 0.2) is 0 Å². The summed E-state index contributed by atoms with van der Waals surface area (Å²) in [7, 11) is 1.72. The van der Waals surface area contributed by atoms with Crippen LogP contribution in [-0.2, 0) is 4.74 Å². The second-order valence-corrected chi connectivity index (χ2v) is 10.3. The fourth-order valence-corrected chi connectivity index (χ4v) is 5.70. The zero-order chi connectivity index (χ0) is 27.5. The van der Waals surface area contributed by atoms with E-state index in [1.165, 1.54) is 30.3 Å². The van der Waals surface area contributed by atoms with Crippen molar-refractivity contribution in [3.63, 3.8) is 0 Å². The van der Waals surface area contributed by atoms with Crippen molar-refractivity contribution in [2.45, 2.75) is 31.8 Å². The zero-order valence-electron chi connectivity index (χ0n) is 22.0. The number of piperidine rings is 1. The van der Waals surface area contributed by atoms with Crippen molar-refractivity contribution in [3.05, 3.63) is 94.3 Å². The van der Waals surface area contributed by atoms with E-state index in [0.29, 0.717) is 34.7 Å². The first kappa shape index (κ1) is 26.8. The predicted molar refractivity (Wildman–Crippen MR) is 143 cm³/mol. The molecule has 2 aromatic carbocycles. The standard InChI is InChI=1S/C31H31F2N3O3/c1-19-13-20(3-4-22-15-26-16-23(22)18-36(26)11-12-39-2)14-28(34-19)31(38)35-30(21-5-7-24(32)8-6-21)27-17-25(33)9-10-29(27)37/h5-10,13-14,17,22-23,26,30,37H,11-12,15-16,18H2,1-2H3,(H,35,38)/t22-,23+,26-,30-/m1/s1. The molecule has 0 unspecified atom stereocenters. The molecule has 2 bridgehead atoms. The highest BCUT2D eigenvalue weighted by molar-refractivity contribution is 5.93. The number of phenols is 1. The SMILES string of the molecule is COCCN1C[C@@H]2C[C@H]1C[C@H]2C#Cc1cc(C)nc(C(=O)N[C@H](c2ccc(F)cc2)c2cc(F)ccc2O)c1. The summed E-state index contributed by atoms with van der Waals surface area (Å²) in [6.07, 6.45) is 2.19. The first-order valence-corrected chi connectivity index (χ1v) is 13.1. The molecule has 1 aromatic heterocycles. The maximum absolute atomic E-state index is 14.1. The monoisotopic (exact) mass is 531 g/mol. The van der Waals surface area contributed by atoms with Crippen LogP contribution in [-0.4, -0.2) is 53.7 Å². The van der Waals surface area contributed by atoms with E-state index < -0.39 is 23.6 Å². The van der Waals surface area contributed by atoms with Crippen LogP contribution >= 0.6 is 0 Å². The molecule has 1 amide bonds. The molecule has 5 rings (SSSR count). The van der Waals surface area contributed by atoms with E-state index in [4.69, 9.17) is 4.74 Å². The molecule has 3 aromatic rings. The summed E-state index contributed by atoms with van der Waals surface area (Å²) in [4.78, 5) is 20.2. The molecule has 8 heteroatoms. The van der Waals surface area contributed by atoms with Crippen LogP contribution in [0.5, 0.6) is 5.75 Å². The number of hydrogen-bond acceptors (Lipinski definition) is 5. The Balaban J connectivity index is 1.35. The van der Waals surface area contributed by atoms with Gasteiger partial charge in [0.25, 0.3) is 5.91 Å². The molecule has 1 aliphatic heterocycles. The fraction of sp³-hybridized carbons (Fsp3) is 0.355. The van der Waals surface area contributed by atoms with Gasteiger partial charge < -0.3 is 15.2 Å². The minimum absolute atomic E-state index is 0.151. The summed E-state index contributed by atoms with van der Waals surface area (Å²) in [6, 6.07) is 12.1. The zero-order valence-corrected chi connectivity index (χ0v) is 22.0. The molecular weight excluding hydrogens is 500 g/mol. The average Bonchev–Trinajstić information content (AvgIpc) is 3.51. The van der Waals surface area contributed by atoms with Crippen LogP contribution in [0.4, 0.5) is 8.78 Å². The predicted octanol–water partition coefficient (Wildman–Crippen LogP) is 4.60. The van der Waals surface area contributed by atoms with Crippen LogP contribution in [0.2, 0.25) is 0 Å². The van der Waals surface area contributed by atoms with Crippen molar-refractivity contribution in [2.24, 2.45) is 11.8 Å². The number of rotatable bonds is 7. The summed E-state index contributed by atoms with van der Waals surface area (Å²) >= 11 is 0. The molecule has 6 nitrogen and oxygen atoms in total. The first-order chi connectivity index (χ1) is 18.8. The maximum atomic E-state index is 14.1. The normalized spacial score (nSPS) is 20.9. The minimum atomic E-state index is -0.930. The van der Waals surface area contributed by atoms with Gasteiger partial charge in [-0.25, -0.2) is 13.8 Å². The fourth-order valence-electron chi connectivity index (χ4n) is 5.70. The van der Waals surface area contributed by atoms with E-state index in [9.17, 15) is 18.7 Å². The van der Waals surface area contributed by atoms with Gasteiger partial charge in [0.1, 0.15) is 23.1 Å². The summed E-state index contributed by atoms with van der Waals surface area (Å²) in [5, 5.41) is 13.3. The molecule has 0 spiro atoms. The summed E-state index contributed by atoms with van der Waals surface area (Å²) in [6.45, 7) is 4.52. The number of ether oxygens (including phenoxy) is 1. The maximum Gasteiger partial charge on any atom is 0.270 e. The van der Waals surface area contributed by atoms with Crippen molar-refractivity contribution in [1.82, 2.24) is 15.2 Å². The highest BCUT2D eigenvalue weighted by Crippen LogP contribution is 2.41. The Bertz CT molecular complexity index is 1420. The molecule has 2 heterocycles. The van der Waals surface area contributed by atoms with Crippen LogP contribution in [0.3, 0.4) is 0 Å². The van der Waals surface area contributed by atoms with E-state index in [2.05, 4.69) is 27.0 Å². The number of carbonyl (C=O) groups is 1. The van der Waals surface area contributed by atoms with Gasteiger partial charge in [-0.1, -0.05) is 24.0 Å². The van der Waals surface area contributed by atoms with Gasteiger partial charge in [-0.05, 0) is 73.7 Å². The number of amides is 1. The minimum Gasteiger partial charge on any atom is -0.508 e. The lowest BCUT2D eigenvalue weighted by Crippen LogP contribution is -2.37. The third-order valence-corrected chi connectivity index (χ3v) is 7.61. The Morgan fingerprint density at radius 2 is 1.92 bits per heavy atom. The number of fused-ring (bicyclic) bond motifs is 2. The van der Waals surface area contributed by atoms with E-state index >= 15 is 0 Å². The van der Waals surface area contributed by atoms with Crippen molar-refractivity contribution in [1.29, 1.82) is 0 Å². The summed E-state index contributed by atoms with van der Waals surface area (Å²) in [5.74, 6) is 5.82. The van der Waals surface area contributed by atoms with Crippen LogP contribution in [0, 0.1) is 42.2 Å². The molecule has 0 radical (unpaired) electrons. The molecular formula is C31H31F2N3O3. The molecule has 1 aliphatic carbocycles. The van der Waals surface area contributed by atoms with Crippen LogP contribution in [0.1, 0.15) is 51.8 Å². The topological polar surface area (TPSA) is 74.7 Å². The largest absolute Gasteiger partial charge is 0.508 e. The number of phenolic OH excluding ortho intramolecular Hbond substituents is 1. The number of nitrogens with one attached hydrogen (secondary N) is 1. The van der Waals surface area contributed by atoms with Gasteiger partial charge >= 0.3 is 0 Å². The number of aryl methyl sites for hydroxylation is 1. The van der Waals surface area contributed by atoms with Crippen LogP contribution < -0.4 is 5.32 Å². The third-order valence-electron chi connectivity index (χ3n) is 7.61. The Labute approximate surface area is 227 Å². The molecule has 4 atom stereocenters. The molecule has 1 saturated carbocycles. The molecule has 2 aliphatic rings. The van der Waals surface area contributed by atoms with Gasteiger partial charge in [-0.3, -0.25) is 9.69 Å². The number of nitrogens with zero attached hydrogens (tertiary/aromatic N) is 2. The second-order valence-electron chi connectivity index (χ2n) is 10.3. The number of halogens is 2. The van der Waals surface area contributed by atoms with Gasteiger partial charge in [-0.15, -0.1) is 0 Å². The average molecular weight is 532 g/mol. The number of benzene rings is 2. The van der Waals surface area contributed by atoms with E-state index in [0.717, 1.165) is 44.7 Å². The van der Waals surface area contributed by atoms with Gasteiger partial charge in [-0.2, -0.15) is 0 Å². The second kappa shape index (κ2) is 11.5. The van der Waals surface area contributed by atoms with Crippen molar-refractivity contribution in [2.75, 3.05) is 26.8 Å². The van der Waals surface area contributed by atoms with Gasteiger partial charge in [0.2, 0.25) is 0 Å². The third kappa shape index (κ3) is 6.11. The molecule has 39 heavy (non-hydrogen) atoms. The van der Waals surface area contributed by atoms with Crippen molar-refractivity contribution in [3.8, 4) is 17.6 Å². The van der Waals surface area contributed by atoms with Crippen molar-refractivity contribution < 1.29 is 23.4 Å². The number of hydrogen-bond donors (Lipinski definition) is 2. The number of pyridine rings is 1.